The third-order valence-corrected chi connectivity index (χ3v) is 4.03. The van der Waals surface area contributed by atoms with Gasteiger partial charge in [-0.05, 0) is 17.5 Å². The van der Waals surface area contributed by atoms with Gasteiger partial charge in [0, 0.05) is 12.6 Å². The molecule has 0 radical (unpaired) electrons. The molecule has 1 aromatic heterocycles. The van der Waals surface area contributed by atoms with Crippen LogP contribution in [-0.2, 0) is 14.4 Å². The molecule has 1 aromatic rings. The van der Waals surface area contributed by atoms with Gasteiger partial charge in [-0.15, -0.1) is 0 Å². The standard InChI is InChI=1S/C17H21Cl3N4O6/c1-16(2,3)9-12(25)22-6-4-5-11(22)24(30-13(26)10-17(18,19)20)21-14(27)23-7-8-29-15(23)28/h4-6H,7-10H2,1-3H3,(H,21,27). The van der Waals surface area contributed by atoms with Gasteiger partial charge in [0.25, 0.3) is 0 Å². The lowest BCUT2D eigenvalue weighted by molar-refractivity contribution is -0.146. The summed E-state index contributed by atoms with van der Waals surface area (Å²) in [6, 6.07) is 2.00. The Morgan fingerprint density at radius 3 is 2.43 bits per heavy atom. The van der Waals surface area contributed by atoms with Crippen molar-refractivity contribution in [1.82, 2.24) is 14.9 Å². The fraction of sp³-hybridized carbons (Fsp3) is 0.529. The summed E-state index contributed by atoms with van der Waals surface area (Å²) in [5.74, 6) is -1.32. The molecule has 1 fully saturated rings. The first-order valence-electron chi connectivity index (χ1n) is 8.80. The van der Waals surface area contributed by atoms with Crippen molar-refractivity contribution in [2.24, 2.45) is 5.41 Å². The second kappa shape index (κ2) is 9.32. The van der Waals surface area contributed by atoms with Crippen LogP contribution in [0.2, 0.25) is 0 Å². The number of urea groups is 1. The first-order valence-corrected chi connectivity index (χ1v) is 9.93. The van der Waals surface area contributed by atoms with E-state index in [1.807, 2.05) is 20.8 Å². The van der Waals surface area contributed by atoms with Gasteiger partial charge in [-0.25, -0.2) is 24.7 Å². The lowest BCUT2D eigenvalue weighted by atomic mass is 9.92. The van der Waals surface area contributed by atoms with Crippen molar-refractivity contribution in [3.05, 3.63) is 18.3 Å². The lowest BCUT2D eigenvalue weighted by Crippen LogP contribution is -2.51. The van der Waals surface area contributed by atoms with Crippen molar-refractivity contribution >= 4 is 64.6 Å². The number of nitrogens with zero attached hydrogens (tertiary/aromatic N) is 3. The zero-order valence-electron chi connectivity index (χ0n) is 16.5. The molecule has 0 unspecified atom stereocenters. The zero-order valence-corrected chi connectivity index (χ0v) is 18.8. The van der Waals surface area contributed by atoms with Gasteiger partial charge in [-0.2, -0.15) is 0 Å². The Bertz CT molecular complexity index is 830. The molecule has 2 rings (SSSR count). The molecule has 166 valence electrons. The quantitative estimate of drug-likeness (QED) is 0.502. The highest BCUT2D eigenvalue weighted by molar-refractivity contribution is 6.68. The monoisotopic (exact) mass is 482 g/mol. The van der Waals surface area contributed by atoms with Gasteiger partial charge in [0.15, 0.2) is 5.82 Å². The first-order chi connectivity index (χ1) is 13.8. The average molecular weight is 484 g/mol. The van der Waals surface area contributed by atoms with Crippen LogP contribution in [0.1, 0.15) is 38.4 Å². The molecule has 1 aliphatic rings. The molecule has 0 spiro atoms. The molecular weight excluding hydrogens is 463 g/mol. The number of hydrazine groups is 1. The smallest absolute Gasteiger partial charge is 0.418 e. The molecule has 1 saturated heterocycles. The summed E-state index contributed by atoms with van der Waals surface area (Å²) < 4.78 is 3.97. The van der Waals surface area contributed by atoms with Crippen LogP contribution in [-0.4, -0.2) is 50.4 Å². The Hall–Kier alpha value is -2.17. The average Bonchev–Trinajstić information content (AvgIpc) is 3.19. The minimum absolute atomic E-state index is 0.00262. The maximum absolute atomic E-state index is 12.7. The van der Waals surface area contributed by atoms with E-state index in [9.17, 15) is 19.2 Å². The number of ether oxygens (including phenoxy) is 1. The van der Waals surface area contributed by atoms with Crippen LogP contribution in [0.25, 0.3) is 0 Å². The van der Waals surface area contributed by atoms with Crippen molar-refractivity contribution in [3.63, 3.8) is 0 Å². The number of carbonyl (C=O) groups is 4. The summed E-state index contributed by atoms with van der Waals surface area (Å²) in [7, 11) is 0. The molecule has 0 bridgehead atoms. The highest BCUT2D eigenvalue weighted by atomic mass is 35.6. The summed E-state index contributed by atoms with van der Waals surface area (Å²) in [5, 5.41) is 0.646. The van der Waals surface area contributed by atoms with Gasteiger partial charge in [0.1, 0.15) is 6.61 Å². The van der Waals surface area contributed by atoms with Crippen LogP contribution >= 0.6 is 34.8 Å². The number of amides is 3. The van der Waals surface area contributed by atoms with Crippen molar-refractivity contribution in [3.8, 4) is 0 Å². The predicted octanol–water partition coefficient (Wildman–Crippen LogP) is 3.67. The molecule has 0 saturated carbocycles. The molecule has 10 nitrogen and oxygen atoms in total. The van der Waals surface area contributed by atoms with Gasteiger partial charge in [-0.1, -0.05) is 60.7 Å². The number of imide groups is 1. The molecule has 13 heteroatoms. The Balaban J connectivity index is 2.28. The molecule has 2 heterocycles. The topological polar surface area (TPSA) is 110 Å². The number of nitrogens with one attached hydrogen (secondary N) is 1. The van der Waals surface area contributed by atoms with Crippen molar-refractivity contribution < 1.29 is 28.8 Å². The van der Waals surface area contributed by atoms with Crippen molar-refractivity contribution in [2.75, 3.05) is 18.3 Å². The van der Waals surface area contributed by atoms with Crippen LogP contribution < -0.4 is 10.6 Å². The van der Waals surface area contributed by atoms with E-state index >= 15 is 0 Å². The number of alkyl halides is 3. The maximum atomic E-state index is 12.7. The van der Waals surface area contributed by atoms with Crippen LogP contribution in [0.4, 0.5) is 15.4 Å². The van der Waals surface area contributed by atoms with Crippen LogP contribution in [0.15, 0.2) is 18.3 Å². The fourth-order valence-electron chi connectivity index (χ4n) is 2.44. The lowest BCUT2D eigenvalue weighted by Gasteiger charge is -2.26. The van der Waals surface area contributed by atoms with Gasteiger partial charge in [0.05, 0.1) is 13.0 Å². The van der Waals surface area contributed by atoms with Crippen LogP contribution in [0.3, 0.4) is 0 Å². The van der Waals surface area contributed by atoms with Crippen LogP contribution in [0.5, 0.6) is 0 Å². The Labute approximate surface area is 187 Å². The summed E-state index contributed by atoms with van der Waals surface area (Å²) in [6.07, 6.45) is 0.109. The highest BCUT2D eigenvalue weighted by Gasteiger charge is 2.33. The Kier molecular flexibility index (Phi) is 7.49. The third-order valence-electron chi connectivity index (χ3n) is 3.63. The number of anilines is 1. The second-order valence-corrected chi connectivity index (χ2v) is 10.1. The normalized spacial score (nSPS) is 14.3. The van der Waals surface area contributed by atoms with E-state index in [0.717, 1.165) is 4.90 Å². The van der Waals surface area contributed by atoms with Crippen molar-refractivity contribution in [1.29, 1.82) is 0 Å². The van der Waals surface area contributed by atoms with Crippen molar-refractivity contribution in [2.45, 2.75) is 37.4 Å². The van der Waals surface area contributed by atoms with E-state index in [-0.39, 0.29) is 36.7 Å². The predicted molar refractivity (Wildman–Crippen MR) is 109 cm³/mol. The highest BCUT2D eigenvalue weighted by Crippen LogP contribution is 2.31. The largest absolute Gasteiger partial charge is 0.447 e. The minimum Gasteiger partial charge on any atom is -0.447 e. The van der Waals surface area contributed by atoms with Gasteiger partial charge >= 0.3 is 18.1 Å². The van der Waals surface area contributed by atoms with E-state index in [4.69, 9.17) is 44.4 Å². The van der Waals surface area contributed by atoms with Gasteiger partial charge < -0.3 is 9.57 Å². The van der Waals surface area contributed by atoms with Crippen LogP contribution in [0, 0.1) is 5.41 Å². The minimum atomic E-state index is -1.93. The molecule has 1 N–H and O–H groups in total. The Morgan fingerprint density at radius 2 is 1.90 bits per heavy atom. The fourth-order valence-corrected chi connectivity index (χ4v) is 2.76. The summed E-state index contributed by atoms with van der Waals surface area (Å²) in [6.45, 7) is 5.68. The number of halogens is 3. The zero-order chi connectivity index (χ0) is 22.7. The van der Waals surface area contributed by atoms with E-state index in [2.05, 4.69) is 5.43 Å². The number of rotatable bonds is 5. The first kappa shape index (κ1) is 24.1. The van der Waals surface area contributed by atoms with E-state index in [1.165, 1.54) is 22.9 Å². The third kappa shape index (κ3) is 6.96. The number of aromatic nitrogens is 1. The van der Waals surface area contributed by atoms with Gasteiger partial charge in [0.2, 0.25) is 9.70 Å². The van der Waals surface area contributed by atoms with E-state index in [1.54, 1.807) is 0 Å². The number of hydrogen-bond acceptors (Lipinski definition) is 7. The molecule has 3 amide bonds. The SMILES string of the molecule is CC(C)(C)CC(=O)n1cccc1N(NC(=O)N1CCOC1=O)OC(=O)CC(Cl)(Cl)Cl. The number of hydrogen-bond donors (Lipinski definition) is 1. The molecule has 0 aromatic carbocycles. The van der Waals surface area contributed by atoms with E-state index < -0.39 is 28.3 Å². The number of cyclic esters (lactones) is 1. The molecule has 0 aliphatic carbocycles. The maximum Gasteiger partial charge on any atom is 0.418 e. The molecule has 1 aliphatic heterocycles. The summed E-state index contributed by atoms with van der Waals surface area (Å²) in [4.78, 5) is 54.8. The molecule has 30 heavy (non-hydrogen) atoms. The van der Waals surface area contributed by atoms with Gasteiger partial charge in [-0.3, -0.25) is 9.36 Å². The molecular formula is C17H21Cl3N4O6. The number of carbonyl (C=O) groups excluding carboxylic acids is 4. The molecule has 0 atom stereocenters. The van der Waals surface area contributed by atoms with E-state index in [0.29, 0.717) is 5.17 Å². The summed E-state index contributed by atoms with van der Waals surface area (Å²) in [5.41, 5.74) is 1.92. The second-order valence-electron chi connectivity index (χ2n) is 7.60. The summed E-state index contributed by atoms with van der Waals surface area (Å²) >= 11 is 16.8. The Morgan fingerprint density at radius 1 is 1.23 bits per heavy atom.